The maximum absolute atomic E-state index is 12.5. The van der Waals surface area contributed by atoms with Crippen LogP contribution >= 0.6 is 0 Å². The van der Waals surface area contributed by atoms with Gasteiger partial charge in [-0.3, -0.25) is 0 Å². The monoisotopic (exact) mass is 348 g/mol. The third-order valence-electron chi connectivity index (χ3n) is 4.63. The van der Waals surface area contributed by atoms with E-state index >= 15 is 0 Å². The largest absolute Gasteiger partial charge is 0.370 e. The van der Waals surface area contributed by atoms with E-state index in [1.807, 2.05) is 34.9 Å². The Morgan fingerprint density at radius 1 is 1.21 bits per heavy atom. The minimum atomic E-state index is -3.28. The van der Waals surface area contributed by atoms with Crippen molar-refractivity contribution in [3.63, 3.8) is 0 Å². The Morgan fingerprint density at radius 3 is 2.71 bits per heavy atom. The summed E-state index contributed by atoms with van der Waals surface area (Å²) in [7, 11) is -3.28. The number of benzene rings is 1. The zero-order valence-corrected chi connectivity index (χ0v) is 14.1. The number of hydrogen-bond donors (Lipinski definition) is 0. The average Bonchev–Trinajstić information content (AvgIpc) is 3.16. The molecule has 2 aliphatic heterocycles. The van der Waals surface area contributed by atoms with Gasteiger partial charge in [-0.2, -0.15) is 4.31 Å². The molecular weight excluding hydrogens is 328 g/mol. The first-order valence-electron chi connectivity index (χ1n) is 8.16. The summed E-state index contributed by atoms with van der Waals surface area (Å²) in [4.78, 5) is 0. The summed E-state index contributed by atoms with van der Waals surface area (Å²) in [5, 5.41) is 8.17. The second kappa shape index (κ2) is 6.27. The van der Waals surface area contributed by atoms with E-state index in [1.165, 1.54) is 4.31 Å². The summed E-state index contributed by atoms with van der Waals surface area (Å²) in [6.07, 6.45) is 3.65. The van der Waals surface area contributed by atoms with E-state index in [-0.39, 0.29) is 17.9 Å². The predicted octanol–water partition coefficient (Wildman–Crippen LogP) is 1.52. The van der Waals surface area contributed by atoms with E-state index in [0.717, 1.165) is 30.8 Å². The molecule has 2 saturated heterocycles. The molecule has 1 atom stereocenters. The lowest BCUT2D eigenvalue weighted by atomic mass is 10.1. The van der Waals surface area contributed by atoms with Gasteiger partial charge in [-0.05, 0) is 18.4 Å². The molecule has 0 spiro atoms. The highest BCUT2D eigenvalue weighted by Crippen LogP contribution is 2.32. The summed E-state index contributed by atoms with van der Waals surface area (Å²) in [5.74, 6) is 0.860. The van der Waals surface area contributed by atoms with Gasteiger partial charge in [0.25, 0.3) is 0 Å². The fourth-order valence-corrected chi connectivity index (χ4v) is 4.84. The standard InChI is InChI=1S/C16H20N4O3S/c21-24(22,11-13-5-2-1-3-6-13)19-9-14(10-19)20-12-17-18-16(20)15-7-4-8-23-15/h1-3,5-6,12,14-15H,4,7-11H2. The quantitative estimate of drug-likeness (QED) is 0.819. The maximum atomic E-state index is 12.5. The molecule has 7 nitrogen and oxygen atoms in total. The molecule has 1 aromatic heterocycles. The van der Waals surface area contributed by atoms with Crippen molar-refractivity contribution in [1.29, 1.82) is 0 Å². The van der Waals surface area contributed by atoms with Crippen LogP contribution in [-0.2, 0) is 20.5 Å². The zero-order chi connectivity index (χ0) is 16.6. The number of nitrogens with zero attached hydrogens (tertiary/aromatic N) is 4. The normalized spacial score (nSPS) is 22.6. The van der Waals surface area contributed by atoms with Gasteiger partial charge < -0.3 is 9.30 Å². The molecule has 4 rings (SSSR count). The van der Waals surface area contributed by atoms with Crippen LogP contribution in [0.25, 0.3) is 0 Å². The molecule has 0 amide bonds. The molecule has 0 saturated carbocycles. The molecule has 2 aliphatic rings. The lowest BCUT2D eigenvalue weighted by Crippen LogP contribution is -2.51. The van der Waals surface area contributed by atoms with Gasteiger partial charge in [0.1, 0.15) is 12.4 Å². The van der Waals surface area contributed by atoms with Gasteiger partial charge in [0.15, 0.2) is 5.82 Å². The smallest absolute Gasteiger partial charge is 0.218 e. The molecule has 2 fully saturated rings. The summed E-state index contributed by atoms with van der Waals surface area (Å²) in [6, 6.07) is 9.36. The van der Waals surface area contributed by atoms with E-state index in [0.29, 0.717) is 13.1 Å². The van der Waals surface area contributed by atoms with Crippen molar-refractivity contribution < 1.29 is 13.2 Å². The molecule has 8 heteroatoms. The van der Waals surface area contributed by atoms with Crippen molar-refractivity contribution in [2.75, 3.05) is 19.7 Å². The number of ether oxygens (including phenoxy) is 1. The Kier molecular flexibility index (Phi) is 4.11. The van der Waals surface area contributed by atoms with E-state index in [4.69, 9.17) is 4.74 Å². The van der Waals surface area contributed by atoms with Gasteiger partial charge in [-0.1, -0.05) is 30.3 Å². The third kappa shape index (κ3) is 2.97. The van der Waals surface area contributed by atoms with Crippen LogP contribution in [0.1, 0.15) is 36.4 Å². The Balaban J connectivity index is 1.42. The fourth-order valence-electron chi connectivity index (χ4n) is 3.24. The summed E-state index contributed by atoms with van der Waals surface area (Å²) in [6.45, 7) is 1.68. The molecule has 1 aromatic carbocycles. The Morgan fingerprint density at radius 2 is 2.00 bits per heavy atom. The van der Waals surface area contributed by atoms with Crippen molar-refractivity contribution in [2.24, 2.45) is 0 Å². The molecular formula is C16H20N4O3S. The summed E-state index contributed by atoms with van der Waals surface area (Å²) in [5.41, 5.74) is 0.810. The van der Waals surface area contributed by atoms with Gasteiger partial charge in [0, 0.05) is 19.7 Å². The van der Waals surface area contributed by atoms with Crippen LogP contribution < -0.4 is 0 Å². The van der Waals surface area contributed by atoms with Crippen LogP contribution in [0, 0.1) is 0 Å². The minimum absolute atomic E-state index is 0.0116. The van der Waals surface area contributed by atoms with Crippen molar-refractivity contribution in [3.8, 4) is 0 Å². The third-order valence-corrected chi connectivity index (χ3v) is 6.41. The maximum Gasteiger partial charge on any atom is 0.218 e. The number of aromatic nitrogens is 3. The topological polar surface area (TPSA) is 77.3 Å². The van der Waals surface area contributed by atoms with E-state index in [1.54, 1.807) is 6.33 Å². The summed E-state index contributed by atoms with van der Waals surface area (Å²) >= 11 is 0. The van der Waals surface area contributed by atoms with E-state index in [2.05, 4.69) is 10.2 Å². The van der Waals surface area contributed by atoms with Crippen LogP contribution in [-0.4, -0.2) is 47.2 Å². The molecule has 24 heavy (non-hydrogen) atoms. The predicted molar refractivity (Wildman–Crippen MR) is 87.6 cm³/mol. The Hall–Kier alpha value is -1.77. The molecule has 1 unspecified atom stereocenters. The Labute approximate surface area is 141 Å². The van der Waals surface area contributed by atoms with E-state index < -0.39 is 10.0 Å². The first kappa shape index (κ1) is 15.7. The number of hydrogen-bond acceptors (Lipinski definition) is 5. The second-order valence-electron chi connectivity index (χ2n) is 6.31. The highest BCUT2D eigenvalue weighted by Gasteiger charge is 2.38. The van der Waals surface area contributed by atoms with Crippen molar-refractivity contribution in [3.05, 3.63) is 48.0 Å². The number of rotatable bonds is 5. The molecule has 128 valence electrons. The molecule has 0 bridgehead atoms. The minimum Gasteiger partial charge on any atom is -0.370 e. The average molecular weight is 348 g/mol. The van der Waals surface area contributed by atoms with Crippen LogP contribution in [0.5, 0.6) is 0 Å². The van der Waals surface area contributed by atoms with Crippen molar-refractivity contribution >= 4 is 10.0 Å². The molecule has 0 radical (unpaired) electrons. The SMILES string of the molecule is O=S(=O)(Cc1ccccc1)N1CC(n2cnnc2C2CCCO2)C1. The van der Waals surface area contributed by atoms with Gasteiger partial charge in [0.2, 0.25) is 10.0 Å². The van der Waals surface area contributed by atoms with Gasteiger partial charge >= 0.3 is 0 Å². The highest BCUT2D eigenvalue weighted by atomic mass is 32.2. The summed E-state index contributed by atoms with van der Waals surface area (Å²) < 4.78 is 34.2. The second-order valence-corrected chi connectivity index (χ2v) is 8.28. The first-order chi connectivity index (χ1) is 11.6. The molecule has 3 heterocycles. The zero-order valence-electron chi connectivity index (χ0n) is 13.3. The van der Waals surface area contributed by atoms with Crippen LogP contribution in [0.4, 0.5) is 0 Å². The van der Waals surface area contributed by atoms with Gasteiger partial charge in [-0.15, -0.1) is 10.2 Å². The molecule has 0 aliphatic carbocycles. The van der Waals surface area contributed by atoms with E-state index in [9.17, 15) is 8.42 Å². The van der Waals surface area contributed by atoms with Gasteiger partial charge in [0.05, 0.1) is 11.8 Å². The molecule has 0 N–H and O–H groups in total. The number of sulfonamides is 1. The lowest BCUT2D eigenvalue weighted by molar-refractivity contribution is 0.0943. The first-order valence-corrected chi connectivity index (χ1v) is 9.77. The lowest BCUT2D eigenvalue weighted by Gasteiger charge is -2.39. The Bertz CT molecular complexity index is 794. The van der Waals surface area contributed by atoms with Crippen molar-refractivity contribution in [2.45, 2.75) is 30.7 Å². The van der Waals surface area contributed by atoms with Crippen molar-refractivity contribution in [1.82, 2.24) is 19.1 Å². The fraction of sp³-hybridized carbons (Fsp3) is 0.500. The van der Waals surface area contributed by atoms with Gasteiger partial charge in [-0.25, -0.2) is 8.42 Å². The van der Waals surface area contributed by atoms with Crippen LogP contribution in [0.15, 0.2) is 36.7 Å². The molecule has 2 aromatic rings. The van der Waals surface area contributed by atoms with Crippen LogP contribution in [0.3, 0.4) is 0 Å². The highest BCUT2D eigenvalue weighted by molar-refractivity contribution is 7.88. The van der Waals surface area contributed by atoms with Crippen LogP contribution in [0.2, 0.25) is 0 Å².